The van der Waals surface area contributed by atoms with E-state index in [0.29, 0.717) is 13.1 Å². The van der Waals surface area contributed by atoms with Gasteiger partial charge in [-0.1, -0.05) is 29.8 Å². The van der Waals surface area contributed by atoms with Crippen LogP contribution >= 0.6 is 0 Å². The number of likely N-dealkylation sites (N-methyl/N-ethyl adjacent to an activating group) is 1. The molecule has 1 fully saturated rings. The van der Waals surface area contributed by atoms with Crippen LogP contribution in [0.1, 0.15) is 17.5 Å². The molecular weight excluding hydrogens is 244 g/mol. The lowest BCUT2D eigenvalue weighted by Gasteiger charge is -2.22. The molecule has 1 aliphatic rings. The number of hydrogen-bond acceptors (Lipinski definition) is 2. The van der Waals surface area contributed by atoms with Gasteiger partial charge in [0.05, 0.1) is 12.5 Å². The van der Waals surface area contributed by atoms with E-state index in [1.807, 2.05) is 31.2 Å². The highest BCUT2D eigenvalue weighted by Crippen LogP contribution is 2.20. The molecule has 5 nitrogen and oxygen atoms in total. The molecule has 0 radical (unpaired) electrons. The third kappa shape index (κ3) is 3.05. The largest absolute Gasteiger partial charge is 0.481 e. The second-order valence-electron chi connectivity index (χ2n) is 5.03. The maximum absolute atomic E-state index is 12.0. The number of aliphatic carboxylic acids is 1. The maximum Gasteiger partial charge on any atom is 0.320 e. The molecule has 1 aromatic rings. The Bertz CT molecular complexity index is 484. The quantitative estimate of drug-likeness (QED) is 0.898. The summed E-state index contributed by atoms with van der Waals surface area (Å²) in [5, 5.41) is 8.91. The van der Waals surface area contributed by atoms with Crippen molar-refractivity contribution >= 4 is 12.0 Å². The summed E-state index contributed by atoms with van der Waals surface area (Å²) >= 11 is 0. The Morgan fingerprint density at radius 2 is 2.00 bits per heavy atom. The van der Waals surface area contributed by atoms with Gasteiger partial charge in [0.2, 0.25) is 0 Å². The van der Waals surface area contributed by atoms with E-state index in [1.54, 1.807) is 16.8 Å². The van der Waals surface area contributed by atoms with E-state index in [4.69, 9.17) is 5.11 Å². The Morgan fingerprint density at radius 1 is 1.37 bits per heavy atom. The number of rotatable bonds is 4. The van der Waals surface area contributed by atoms with Gasteiger partial charge in [0.25, 0.3) is 0 Å². The summed E-state index contributed by atoms with van der Waals surface area (Å²) in [7, 11) is 1.70. The molecule has 1 atom stereocenters. The Balaban J connectivity index is 2.12. The van der Waals surface area contributed by atoms with Crippen LogP contribution in [0.3, 0.4) is 0 Å². The fourth-order valence-corrected chi connectivity index (χ4v) is 2.33. The Hall–Kier alpha value is -2.04. The lowest BCUT2D eigenvalue weighted by molar-refractivity contribution is -0.138. The number of carboxylic acid groups (broad SMARTS) is 1. The highest BCUT2D eigenvalue weighted by atomic mass is 16.4. The van der Waals surface area contributed by atoms with Crippen molar-refractivity contribution in [2.45, 2.75) is 25.9 Å². The van der Waals surface area contributed by atoms with Crippen molar-refractivity contribution in [3.63, 3.8) is 0 Å². The lowest BCUT2D eigenvalue weighted by atomic mass is 10.1. The molecule has 2 amide bonds. The lowest BCUT2D eigenvalue weighted by Crippen LogP contribution is -2.35. The monoisotopic (exact) mass is 262 g/mol. The molecule has 0 spiro atoms. The number of amides is 2. The topological polar surface area (TPSA) is 60.9 Å². The van der Waals surface area contributed by atoms with Gasteiger partial charge in [-0.15, -0.1) is 0 Å². The highest BCUT2D eigenvalue weighted by molar-refractivity contribution is 5.78. The number of benzene rings is 1. The number of carbonyl (C=O) groups is 2. The van der Waals surface area contributed by atoms with Crippen LogP contribution in [0.25, 0.3) is 0 Å². The molecule has 1 unspecified atom stereocenters. The van der Waals surface area contributed by atoms with Crippen LogP contribution in [0, 0.1) is 6.92 Å². The van der Waals surface area contributed by atoms with Crippen LogP contribution in [-0.4, -0.2) is 46.5 Å². The molecule has 1 heterocycles. The summed E-state index contributed by atoms with van der Waals surface area (Å²) in [6, 6.07) is 7.57. The van der Waals surface area contributed by atoms with Crippen molar-refractivity contribution in [3.05, 3.63) is 35.4 Å². The van der Waals surface area contributed by atoms with Crippen LogP contribution in [0.15, 0.2) is 24.3 Å². The molecule has 0 bridgehead atoms. The first-order valence-corrected chi connectivity index (χ1v) is 6.26. The average molecular weight is 262 g/mol. The van der Waals surface area contributed by atoms with Gasteiger partial charge in [-0.05, 0) is 12.5 Å². The smallest absolute Gasteiger partial charge is 0.320 e. The van der Waals surface area contributed by atoms with Gasteiger partial charge >= 0.3 is 12.0 Å². The van der Waals surface area contributed by atoms with Gasteiger partial charge in [0.15, 0.2) is 0 Å². The van der Waals surface area contributed by atoms with Crippen LogP contribution in [0.5, 0.6) is 0 Å². The number of aryl methyl sites for hydroxylation is 1. The third-order valence-electron chi connectivity index (χ3n) is 3.38. The van der Waals surface area contributed by atoms with Crippen LogP contribution in [0.2, 0.25) is 0 Å². The van der Waals surface area contributed by atoms with Gasteiger partial charge in [-0.25, -0.2) is 4.79 Å². The number of nitrogens with zero attached hydrogens (tertiary/aromatic N) is 2. The molecule has 5 heteroatoms. The normalized spacial score (nSPS) is 19.1. The first-order chi connectivity index (χ1) is 8.97. The minimum absolute atomic E-state index is 0.0120. The Kier molecular flexibility index (Phi) is 3.74. The van der Waals surface area contributed by atoms with Crippen molar-refractivity contribution in [1.82, 2.24) is 9.80 Å². The van der Waals surface area contributed by atoms with Crippen molar-refractivity contribution in [2.24, 2.45) is 0 Å². The van der Waals surface area contributed by atoms with E-state index >= 15 is 0 Å². The molecule has 1 aromatic carbocycles. The SMILES string of the molecule is Cc1ccc(CN2C(=O)N(C)CC2CC(=O)O)cc1. The molecule has 0 aliphatic carbocycles. The van der Waals surface area contributed by atoms with E-state index in [0.717, 1.165) is 11.1 Å². The van der Waals surface area contributed by atoms with Gasteiger partial charge in [0, 0.05) is 20.1 Å². The van der Waals surface area contributed by atoms with Crippen molar-refractivity contribution < 1.29 is 14.7 Å². The molecule has 2 rings (SSSR count). The van der Waals surface area contributed by atoms with Gasteiger partial charge in [0.1, 0.15) is 0 Å². The zero-order valence-corrected chi connectivity index (χ0v) is 11.2. The number of carbonyl (C=O) groups excluding carboxylic acids is 1. The van der Waals surface area contributed by atoms with Crippen LogP contribution in [-0.2, 0) is 11.3 Å². The van der Waals surface area contributed by atoms with Crippen LogP contribution in [0.4, 0.5) is 4.79 Å². The summed E-state index contributed by atoms with van der Waals surface area (Å²) < 4.78 is 0. The summed E-state index contributed by atoms with van der Waals surface area (Å²) in [6.07, 6.45) is -0.0120. The average Bonchev–Trinajstić information content (AvgIpc) is 2.59. The predicted molar refractivity (Wildman–Crippen MR) is 70.8 cm³/mol. The molecule has 1 saturated heterocycles. The second-order valence-corrected chi connectivity index (χ2v) is 5.03. The minimum Gasteiger partial charge on any atom is -0.481 e. The fourth-order valence-electron chi connectivity index (χ4n) is 2.33. The standard InChI is InChI=1S/C14H18N2O3/c1-10-3-5-11(6-4-10)8-16-12(7-13(17)18)9-15(2)14(16)19/h3-6,12H,7-9H2,1-2H3,(H,17,18). The third-order valence-corrected chi connectivity index (χ3v) is 3.38. The summed E-state index contributed by atoms with van der Waals surface area (Å²) in [5.41, 5.74) is 2.18. The Morgan fingerprint density at radius 3 is 2.58 bits per heavy atom. The molecule has 0 saturated carbocycles. The second kappa shape index (κ2) is 5.30. The van der Waals surface area contributed by atoms with Gasteiger partial charge in [-0.3, -0.25) is 4.79 Å². The minimum atomic E-state index is -0.873. The summed E-state index contributed by atoms with van der Waals surface area (Å²) in [5.74, 6) is -0.873. The number of urea groups is 1. The fraction of sp³-hybridized carbons (Fsp3) is 0.429. The first-order valence-electron chi connectivity index (χ1n) is 6.26. The first kappa shape index (κ1) is 13.4. The summed E-state index contributed by atoms with van der Waals surface area (Å²) in [6.45, 7) is 2.93. The van der Waals surface area contributed by atoms with E-state index < -0.39 is 5.97 Å². The molecule has 19 heavy (non-hydrogen) atoms. The van der Waals surface area contributed by atoms with Crippen molar-refractivity contribution in [3.8, 4) is 0 Å². The van der Waals surface area contributed by atoms with E-state index in [1.165, 1.54) is 0 Å². The maximum atomic E-state index is 12.0. The highest BCUT2D eigenvalue weighted by Gasteiger charge is 2.36. The molecule has 1 N–H and O–H groups in total. The molecule has 1 aliphatic heterocycles. The van der Waals surface area contributed by atoms with Crippen molar-refractivity contribution in [1.29, 1.82) is 0 Å². The number of hydrogen-bond donors (Lipinski definition) is 1. The van der Waals surface area contributed by atoms with Gasteiger partial charge in [-0.2, -0.15) is 0 Å². The predicted octanol–water partition coefficient (Wildman–Crippen LogP) is 1.71. The zero-order valence-electron chi connectivity index (χ0n) is 11.2. The van der Waals surface area contributed by atoms with Crippen LogP contribution < -0.4 is 0 Å². The Labute approximate surface area is 112 Å². The molecular formula is C14H18N2O3. The van der Waals surface area contributed by atoms with E-state index in [9.17, 15) is 9.59 Å². The number of carboxylic acids is 1. The van der Waals surface area contributed by atoms with Gasteiger partial charge < -0.3 is 14.9 Å². The molecule has 0 aromatic heterocycles. The zero-order chi connectivity index (χ0) is 14.0. The molecule has 102 valence electrons. The van der Waals surface area contributed by atoms with Crippen molar-refractivity contribution in [2.75, 3.05) is 13.6 Å². The summed E-state index contributed by atoms with van der Waals surface area (Å²) in [4.78, 5) is 26.1. The van der Waals surface area contributed by atoms with E-state index in [2.05, 4.69) is 0 Å². The van der Waals surface area contributed by atoms with E-state index in [-0.39, 0.29) is 18.5 Å².